The van der Waals surface area contributed by atoms with E-state index >= 15 is 0 Å². The molecular formula is C22H21NO4S. The average Bonchev–Trinajstić information content (AvgIpc) is 3.22. The number of ketones is 1. The Morgan fingerprint density at radius 2 is 2.00 bits per heavy atom. The molecule has 1 aliphatic carbocycles. The Balaban J connectivity index is 1.77. The highest BCUT2D eigenvalue weighted by Gasteiger charge is 2.43. The Kier molecular flexibility index (Phi) is 5.05. The fraction of sp³-hybridized carbons (Fsp3) is 0.273. The summed E-state index contributed by atoms with van der Waals surface area (Å²) in [6.07, 6.45) is 0.950. The Hall–Kier alpha value is -2.86. The first-order chi connectivity index (χ1) is 13.6. The molecule has 0 radical (unpaired) electrons. The standard InChI is InChI=1S/C22H21NO4S/c1-2-26-22(25)20-18(14-8-9-28-12-14)19-16(24)10-15(11-17(19)27-21(20)23)13-6-4-3-5-7-13/h3-9,12,15,18H,2,10-11,23H2,1H3. The molecule has 2 atom stereocenters. The zero-order chi connectivity index (χ0) is 19.7. The third-order valence-corrected chi connectivity index (χ3v) is 5.88. The molecule has 6 heteroatoms. The van der Waals surface area contributed by atoms with E-state index < -0.39 is 11.9 Å². The van der Waals surface area contributed by atoms with Gasteiger partial charge in [0, 0.05) is 18.4 Å². The highest BCUT2D eigenvalue weighted by atomic mass is 32.1. The van der Waals surface area contributed by atoms with Crippen LogP contribution in [0.2, 0.25) is 0 Å². The van der Waals surface area contributed by atoms with Crippen molar-refractivity contribution in [2.75, 3.05) is 6.61 Å². The molecule has 0 bridgehead atoms. The molecule has 0 amide bonds. The number of hydrogen-bond donors (Lipinski definition) is 1. The molecule has 0 spiro atoms. The third-order valence-electron chi connectivity index (χ3n) is 5.18. The number of carbonyl (C=O) groups is 2. The summed E-state index contributed by atoms with van der Waals surface area (Å²) in [5.74, 6) is -0.478. The van der Waals surface area contributed by atoms with E-state index in [0.717, 1.165) is 11.1 Å². The molecule has 0 saturated heterocycles. The maximum absolute atomic E-state index is 13.2. The molecular weight excluding hydrogens is 374 g/mol. The van der Waals surface area contributed by atoms with Gasteiger partial charge in [-0.2, -0.15) is 11.3 Å². The molecule has 2 unspecified atom stereocenters. The lowest BCUT2D eigenvalue weighted by atomic mass is 9.74. The zero-order valence-electron chi connectivity index (χ0n) is 15.5. The van der Waals surface area contributed by atoms with E-state index in [2.05, 4.69) is 0 Å². The van der Waals surface area contributed by atoms with Crippen molar-refractivity contribution in [3.8, 4) is 0 Å². The van der Waals surface area contributed by atoms with E-state index in [-0.39, 0.29) is 29.8 Å². The van der Waals surface area contributed by atoms with E-state index in [1.807, 2.05) is 47.2 Å². The van der Waals surface area contributed by atoms with Crippen LogP contribution in [0.25, 0.3) is 0 Å². The molecule has 1 aliphatic heterocycles. The van der Waals surface area contributed by atoms with Crippen molar-refractivity contribution in [2.24, 2.45) is 5.73 Å². The van der Waals surface area contributed by atoms with Crippen LogP contribution in [0.3, 0.4) is 0 Å². The first kappa shape index (κ1) is 18.5. The Bertz CT molecular complexity index is 960. The van der Waals surface area contributed by atoms with Crippen LogP contribution < -0.4 is 5.73 Å². The van der Waals surface area contributed by atoms with Crippen LogP contribution in [0.5, 0.6) is 0 Å². The zero-order valence-corrected chi connectivity index (χ0v) is 16.3. The summed E-state index contributed by atoms with van der Waals surface area (Å²) in [4.78, 5) is 25.8. The van der Waals surface area contributed by atoms with Gasteiger partial charge in [-0.25, -0.2) is 4.79 Å². The molecule has 144 valence electrons. The van der Waals surface area contributed by atoms with Gasteiger partial charge in [0.05, 0.1) is 12.5 Å². The van der Waals surface area contributed by atoms with Gasteiger partial charge in [-0.1, -0.05) is 30.3 Å². The van der Waals surface area contributed by atoms with Gasteiger partial charge in [0.1, 0.15) is 11.3 Å². The molecule has 28 heavy (non-hydrogen) atoms. The van der Waals surface area contributed by atoms with Gasteiger partial charge in [-0.05, 0) is 40.8 Å². The number of esters is 1. The molecule has 1 aromatic carbocycles. The average molecular weight is 395 g/mol. The minimum Gasteiger partial charge on any atom is -0.462 e. The number of benzene rings is 1. The second-order valence-electron chi connectivity index (χ2n) is 6.87. The number of Topliss-reactive ketones (excluding diaryl/α,β-unsaturated/α-hetero) is 1. The maximum atomic E-state index is 13.2. The topological polar surface area (TPSA) is 78.6 Å². The molecule has 4 rings (SSSR count). The normalized spacial score (nSPS) is 22.0. The summed E-state index contributed by atoms with van der Waals surface area (Å²) in [7, 11) is 0. The number of allylic oxidation sites excluding steroid dienone is 2. The van der Waals surface area contributed by atoms with E-state index in [0.29, 0.717) is 24.2 Å². The van der Waals surface area contributed by atoms with Gasteiger partial charge < -0.3 is 15.2 Å². The predicted octanol–water partition coefficient (Wildman–Crippen LogP) is 4.00. The fourth-order valence-electron chi connectivity index (χ4n) is 3.95. The quantitative estimate of drug-likeness (QED) is 0.792. The molecule has 0 fully saturated rings. The van der Waals surface area contributed by atoms with Crippen LogP contribution in [0, 0.1) is 0 Å². The molecule has 1 aromatic heterocycles. The molecule has 2 heterocycles. The van der Waals surface area contributed by atoms with E-state index in [9.17, 15) is 9.59 Å². The molecule has 2 aromatic rings. The molecule has 0 saturated carbocycles. The summed E-state index contributed by atoms with van der Waals surface area (Å²) in [6.45, 7) is 1.96. The van der Waals surface area contributed by atoms with Gasteiger partial charge in [0.15, 0.2) is 5.78 Å². The minimum atomic E-state index is -0.543. The van der Waals surface area contributed by atoms with Crippen LogP contribution in [0.1, 0.15) is 42.7 Å². The number of thiophene rings is 1. The second kappa shape index (κ2) is 7.64. The van der Waals surface area contributed by atoms with E-state index in [4.69, 9.17) is 15.2 Å². The van der Waals surface area contributed by atoms with Crippen molar-refractivity contribution in [3.05, 3.63) is 81.1 Å². The van der Waals surface area contributed by atoms with Crippen LogP contribution in [-0.2, 0) is 19.1 Å². The maximum Gasteiger partial charge on any atom is 0.340 e. The van der Waals surface area contributed by atoms with Crippen molar-refractivity contribution < 1.29 is 19.1 Å². The lowest BCUT2D eigenvalue weighted by Gasteiger charge is -2.34. The number of carbonyl (C=O) groups excluding carboxylic acids is 2. The van der Waals surface area contributed by atoms with E-state index in [1.54, 1.807) is 6.92 Å². The van der Waals surface area contributed by atoms with E-state index in [1.165, 1.54) is 11.3 Å². The van der Waals surface area contributed by atoms with Gasteiger partial charge in [0.25, 0.3) is 0 Å². The summed E-state index contributed by atoms with van der Waals surface area (Å²) < 4.78 is 11.0. The number of ether oxygens (including phenoxy) is 2. The lowest BCUT2D eigenvalue weighted by molar-refractivity contribution is -0.139. The minimum absolute atomic E-state index is 0.0133. The van der Waals surface area contributed by atoms with Crippen molar-refractivity contribution in [1.29, 1.82) is 0 Å². The van der Waals surface area contributed by atoms with Gasteiger partial charge >= 0.3 is 5.97 Å². The van der Waals surface area contributed by atoms with Crippen molar-refractivity contribution in [2.45, 2.75) is 31.6 Å². The summed E-state index contributed by atoms with van der Waals surface area (Å²) in [6, 6.07) is 11.8. The van der Waals surface area contributed by atoms with Gasteiger partial charge in [-0.3, -0.25) is 4.79 Å². The monoisotopic (exact) mass is 395 g/mol. The van der Waals surface area contributed by atoms with Crippen LogP contribution in [0.15, 0.2) is 69.9 Å². The number of hydrogen-bond acceptors (Lipinski definition) is 6. The third kappa shape index (κ3) is 3.24. The predicted molar refractivity (Wildman–Crippen MR) is 106 cm³/mol. The first-order valence-corrected chi connectivity index (χ1v) is 10.2. The SMILES string of the molecule is CCOC(=O)C1=C(N)OC2=C(C(=O)CC(c3ccccc3)C2)C1c1ccsc1. The Morgan fingerprint density at radius 1 is 1.21 bits per heavy atom. The number of rotatable bonds is 4. The van der Waals surface area contributed by atoms with Crippen molar-refractivity contribution in [1.82, 2.24) is 0 Å². The van der Waals surface area contributed by atoms with Crippen molar-refractivity contribution in [3.63, 3.8) is 0 Å². The summed E-state index contributed by atoms with van der Waals surface area (Å²) in [5.41, 5.74) is 8.86. The van der Waals surface area contributed by atoms with Gasteiger partial charge in [0.2, 0.25) is 5.88 Å². The highest BCUT2D eigenvalue weighted by Crippen LogP contribution is 2.47. The largest absolute Gasteiger partial charge is 0.462 e. The molecule has 2 N–H and O–H groups in total. The Labute approximate surface area is 167 Å². The van der Waals surface area contributed by atoms with Crippen LogP contribution >= 0.6 is 11.3 Å². The van der Waals surface area contributed by atoms with Crippen LogP contribution in [0.4, 0.5) is 0 Å². The smallest absolute Gasteiger partial charge is 0.340 e. The number of nitrogens with two attached hydrogens (primary N) is 1. The molecule has 2 aliphatic rings. The first-order valence-electron chi connectivity index (χ1n) is 9.28. The summed E-state index contributed by atoms with van der Waals surface area (Å²) >= 11 is 1.51. The Morgan fingerprint density at radius 3 is 2.68 bits per heavy atom. The second-order valence-corrected chi connectivity index (χ2v) is 7.65. The fourth-order valence-corrected chi connectivity index (χ4v) is 4.63. The highest BCUT2D eigenvalue weighted by molar-refractivity contribution is 7.08. The van der Waals surface area contributed by atoms with Crippen LogP contribution in [-0.4, -0.2) is 18.4 Å². The van der Waals surface area contributed by atoms with Gasteiger partial charge in [-0.15, -0.1) is 0 Å². The lowest BCUT2D eigenvalue weighted by Crippen LogP contribution is -2.33. The van der Waals surface area contributed by atoms with Crippen molar-refractivity contribution >= 4 is 23.1 Å². The molecule has 5 nitrogen and oxygen atoms in total. The summed E-state index contributed by atoms with van der Waals surface area (Å²) in [5, 5.41) is 3.85.